The minimum Gasteiger partial charge on any atom is -0.299 e. The Labute approximate surface area is 172 Å². The lowest BCUT2D eigenvalue weighted by Crippen LogP contribution is -2.61. The molecule has 0 aliphatic heterocycles. The normalized spacial score (nSPS) is 45.7. The molecule has 0 unspecified atom stereocenters. The van der Waals surface area contributed by atoms with Gasteiger partial charge >= 0.3 is 0 Å². The standard InChI is InChI=1S/C25H41NO2/c1-5-15-26(16-6-2)23-20-8-7-17-18-9-10-22(28)25(18,4)13-11-19(17)24(20,3)14-12-21(23)27/h17-20,23H,5-16H2,1-4H3/t17-,18-,19-,20-,23-,24+,25-/m0/s1. The maximum absolute atomic E-state index is 13.1. The minimum absolute atomic E-state index is 0.0370. The maximum atomic E-state index is 13.1. The maximum Gasteiger partial charge on any atom is 0.150 e. The third-order valence-corrected chi connectivity index (χ3v) is 9.69. The van der Waals surface area contributed by atoms with E-state index in [1.807, 2.05) is 0 Å². The molecule has 7 atom stereocenters. The number of carbonyl (C=O) groups excluding carboxylic acids is 2. The second-order valence-corrected chi connectivity index (χ2v) is 10.9. The average molecular weight is 388 g/mol. The molecule has 0 N–H and O–H groups in total. The van der Waals surface area contributed by atoms with Gasteiger partial charge in [-0.2, -0.15) is 0 Å². The quantitative estimate of drug-likeness (QED) is 0.645. The van der Waals surface area contributed by atoms with Crippen LogP contribution in [0.4, 0.5) is 0 Å². The highest BCUT2D eigenvalue weighted by Gasteiger charge is 2.62. The molecule has 4 rings (SSSR count). The Morgan fingerprint density at radius 2 is 1.57 bits per heavy atom. The predicted molar refractivity (Wildman–Crippen MR) is 113 cm³/mol. The van der Waals surface area contributed by atoms with E-state index >= 15 is 0 Å². The van der Waals surface area contributed by atoms with Crippen LogP contribution in [0.2, 0.25) is 0 Å². The van der Waals surface area contributed by atoms with Gasteiger partial charge in [-0.3, -0.25) is 14.5 Å². The van der Waals surface area contributed by atoms with E-state index < -0.39 is 0 Å². The van der Waals surface area contributed by atoms with Crippen molar-refractivity contribution >= 4 is 11.6 Å². The number of hydrogen-bond acceptors (Lipinski definition) is 3. The summed E-state index contributed by atoms with van der Waals surface area (Å²) in [5.74, 6) is 3.61. The zero-order valence-corrected chi connectivity index (χ0v) is 18.6. The van der Waals surface area contributed by atoms with Gasteiger partial charge in [-0.1, -0.05) is 27.7 Å². The number of fused-ring (bicyclic) bond motifs is 5. The van der Waals surface area contributed by atoms with Crippen molar-refractivity contribution in [2.24, 2.45) is 34.5 Å². The van der Waals surface area contributed by atoms with Gasteiger partial charge in [0.2, 0.25) is 0 Å². The second kappa shape index (κ2) is 7.52. The van der Waals surface area contributed by atoms with Crippen LogP contribution in [0.25, 0.3) is 0 Å². The minimum atomic E-state index is -0.0370. The van der Waals surface area contributed by atoms with E-state index in [0.29, 0.717) is 29.3 Å². The summed E-state index contributed by atoms with van der Waals surface area (Å²) in [7, 11) is 0. The highest BCUT2D eigenvalue weighted by molar-refractivity contribution is 5.87. The lowest BCUT2D eigenvalue weighted by atomic mass is 9.44. The van der Waals surface area contributed by atoms with Crippen molar-refractivity contribution < 1.29 is 9.59 Å². The number of hydrogen-bond donors (Lipinski definition) is 0. The van der Waals surface area contributed by atoms with E-state index in [9.17, 15) is 9.59 Å². The summed E-state index contributed by atoms with van der Waals surface area (Å²) in [4.78, 5) is 28.3. The van der Waals surface area contributed by atoms with Crippen molar-refractivity contribution in [1.82, 2.24) is 4.90 Å². The molecule has 0 aromatic rings. The molecule has 4 aliphatic rings. The third kappa shape index (κ3) is 2.94. The van der Waals surface area contributed by atoms with E-state index in [2.05, 4.69) is 32.6 Å². The molecule has 0 amide bonds. The number of rotatable bonds is 5. The van der Waals surface area contributed by atoms with Gasteiger partial charge in [0.25, 0.3) is 0 Å². The van der Waals surface area contributed by atoms with Gasteiger partial charge in [0, 0.05) is 18.3 Å². The molecular weight excluding hydrogens is 346 g/mol. The molecule has 158 valence electrons. The summed E-state index contributed by atoms with van der Waals surface area (Å²) in [5.41, 5.74) is 0.249. The van der Waals surface area contributed by atoms with Crippen LogP contribution in [0.1, 0.15) is 91.9 Å². The van der Waals surface area contributed by atoms with E-state index in [1.54, 1.807) is 0 Å². The van der Waals surface area contributed by atoms with E-state index in [-0.39, 0.29) is 16.9 Å². The highest BCUT2D eigenvalue weighted by atomic mass is 16.1. The van der Waals surface area contributed by atoms with Gasteiger partial charge in [-0.25, -0.2) is 0 Å². The first kappa shape index (κ1) is 20.6. The Balaban J connectivity index is 1.63. The van der Waals surface area contributed by atoms with Crippen LogP contribution < -0.4 is 0 Å². The lowest BCUT2D eigenvalue weighted by molar-refractivity contribution is -0.156. The topological polar surface area (TPSA) is 37.4 Å². The van der Waals surface area contributed by atoms with Gasteiger partial charge in [0.05, 0.1) is 6.04 Å². The largest absolute Gasteiger partial charge is 0.299 e. The fourth-order valence-electron chi connectivity index (χ4n) is 8.33. The average Bonchev–Trinajstić information content (AvgIpc) is 2.97. The van der Waals surface area contributed by atoms with Gasteiger partial charge < -0.3 is 0 Å². The third-order valence-electron chi connectivity index (χ3n) is 9.69. The molecule has 0 aromatic carbocycles. The predicted octanol–water partition coefficient (Wildman–Crippen LogP) is 5.27. The molecule has 0 heterocycles. The first-order valence-electron chi connectivity index (χ1n) is 12.2. The Kier molecular flexibility index (Phi) is 5.53. The first-order chi connectivity index (χ1) is 13.4. The second-order valence-electron chi connectivity index (χ2n) is 10.9. The Hall–Kier alpha value is -0.700. The summed E-state index contributed by atoms with van der Waals surface area (Å²) in [6.07, 6.45) is 10.8. The van der Waals surface area contributed by atoms with Crippen LogP contribution in [-0.2, 0) is 9.59 Å². The van der Waals surface area contributed by atoms with E-state index in [4.69, 9.17) is 0 Å². The van der Waals surface area contributed by atoms with Crippen LogP contribution in [0.15, 0.2) is 0 Å². The molecule has 3 heteroatoms. The SMILES string of the molecule is CCCN(CCC)[C@@H]1C(=O)CC[C@]2(C)[C@H]3CC[C@]4(C)C(=O)CC[C@H]4[C@@H]3CC[C@@H]12. The molecule has 0 radical (unpaired) electrons. The van der Waals surface area contributed by atoms with Crippen molar-refractivity contribution in [3.8, 4) is 0 Å². The summed E-state index contributed by atoms with van der Waals surface area (Å²) in [6.45, 7) is 11.4. The summed E-state index contributed by atoms with van der Waals surface area (Å²) in [5, 5.41) is 0. The molecule has 3 nitrogen and oxygen atoms in total. The Morgan fingerprint density at radius 3 is 2.25 bits per heavy atom. The van der Waals surface area contributed by atoms with Crippen LogP contribution in [0.5, 0.6) is 0 Å². The van der Waals surface area contributed by atoms with Crippen molar-refractivity contribution in [3.05, 3.63) is 0 Å². The molecule has 28 heavy (non-hydrogen) atoms. The van der Waals surface area contributed by atoms with Crippen molar-refractivity contribution in [1.29, 1.82) is 0 Å². The van der Waals surface area contributed by atoms with Crippen molar-refractivity contribution in [2.75, 3.05) is 13.1 Å². The molecule has 0 bridgehead atoms. The fourth-order valence-corrected chi connectivity index (χ4v) is 8.33. The fraction of sp³-hybridized carbons (Fsp3) is 0.920. The smallest absolute Gasteiger partial charge is 0.150 e. The lowest BCUT2D eigenvalue weighted by Gasteiger charge is -2.61. The Morgan fingerprint density at radius 1 is 0.857 bits per heavy atom. The van der Waals surface area contributed by atoms with Crippen LogP contribution in [-0.4, -0.2) is 35.6 Å². The number of nitrogens with zero attached hydrogens (tertiary/aromatic N) is 1. The van der Waals surface area contributed by atoms with Crippen molar-refractivity contribution in [3.63, 3.8) is 0 Å². The zero-order valence-electron chi connectivity index (χ0n) is 18.6. The van der Waals surface area contributed by atoms with Crippen molar-refractivity contribution in [2.45, 2.75) is 97.9 Å². The molecule has 0 aromatic heterocycles. The Bertz CT molecular complexity index is 624. The number of carbonyl (C=O) groups is 2. The van der Waals surface area contributed by atoms with Crippen LogP contribution in [0, 0.1) is 34.5 Å². The molecule has 4 saturated carbocycles. The molecule has 4 fully saturated rings. The number of Topliss-reactive ketones (excluding diaryl/α,β-unsaturated/α-hetero) is 2. The van der Waals surface area contributed by atoms with Gasteiger partial charge in [-0.15, -0.1) is 0 Å². The van der Waals surface area contributed by atoms with Gasteiger partial charge in [0.1, 0.15) is 11.6 Å². The molecular formula is C25H41NO2. The molecule has 0 spiro atoms. The summed E-state index contributed by atoms with van der Waals surface area (Å²) < 4.78 is 0. The summed E-state index contributed by atoms with van der Waals surface area (Å²) >= 11 is 0. The zero-order chi connectivity index (χ0) is 20.1. The van der Waals surface area contributed by atoms with Crippen LogP contribution >= 0.6 is 0 Å². The first-order valence-corrected chi connectivity index (χ1v) is 12.2. The number of ketones is 2. The van der Waals surface area contributed by atoms with Crippen LogP contribution in [0.3, 0.4) is 0 Å². The highest BCUT2D eigenvalue weighted by Crippen LogP contribution is 2.65. The summed E-state index contributed by atoms with van der Waals surface area (Å²) in [6, 6.07) is 0.151. The monoisotopic (exact) mass is 387 g/mol. The van der Waals surface area contributed by atoms with Gasteiger partial charge in [0.15, 0.2) is 0 Å². The molecule has 4 aliphatic carbocycles. The molecule has 0 saturated heterocycles. The van der Waals surface area contributed by atoms with E-state index in [0.717, 1.165) is 64.0 Å². The van der Waals surface area contributed by atoms with E-state index in [1.165, 1.54) is 19.3 Å². The van der Waals surface area contributed by atoms with Gasteiger partial charge in [-0.05, 0) is 93.5 Å².